The van der Waals surface area contributed by atoms with Crippen molar-refractivity contribution in [1.29, 1.82) is 0 Å². The summed E-state index contributed by atoms with van der Waals surface area (Å²) in [7, 11) is 0. The molecule has 6 nitrogen and oxygen atoms in total. The van der Waals surface area contributed by atoms with Crippen molar-refractivity contribution in [3.8, 4) is 11.3 Å². The number of nitro groups is 1. The third-order valence-electron chi connectivity index (χ3n) is 3.05. The zero-order valence-electron chi connectivity index (χ0n) is 12.5. The average Bonchev–Trinajstić information content (AvgIpc) is 2.99. The van der Waals surface area contributed by atoms with E-state index in [0.29, 0.717) is 17.1 Å². The minimum atomic E-state index is -0.505. The summed E-state index contributed by atoms with van der Waals surface area (Å²) in [6, 6.07) is 7.93. The zero-order valence-corrected chi connectivity index (χ0v) is 12.5. The molecule has 118 valence electrons. The quantitative estimate of drug-likeness (QED) is 0.265. The predicted octanol–water partition coefficient (Wildman–Crippen LogP) is 3.91. The minimum Gasteiger partial charge on any atom is -0.458 e. The number of esters is 1. The van der Waals surface area contributed by atoms with E-state index in [1.165, 1.54) is 30.4 Å². The standard InChI is InChI=1S/C17H15NO5/c1-3-10-22-17(19)9-7-14-6-8-16(23-14)15-11-13(18(20)21)5-4-12(15)2/h3-9,11H,1,10H2,2H3/b9-7+. The van der Waals surface area contributed by atoms with Crippen LogP contribution in [0.5, 0.6) is 0 Å². The first-order valence-corrected chi connectivity index (χ1v) is 6.82. The molecule has 0 atom stereocenters. The summed E-state index contributed by atoms with van der Waals surface area (Å²) in [6.45, 7) is 5.42. The Kier molecular flexibility index (Phi) is 5.09. The molecule has 0 bridgehead atoms. The third-order valence-corrected chi connectivity index (χ3v) is 3.05. The van der Waals surface area contributed by atoms with Crippen LogP contribution in [0.2, 0.25) is 0 Å². The van der Waals surface area contributed by atoms with Crippen molar-refractivity contribution in [2.45, 2.75) is 6.92 Å². The van der Waals surface area contributed by atoms with Gasteiger partial charge in [0, 0.05) is 23.8 Å². The van der Waals surface area contributed by atoms with Crippen LogP contribution in [-0.2, 0) is 9.53 Å². The highest BCUT2D eigenvalue weighted by Gasteiger charge is 2.12. The van der Waals surface area contributed by atoms with Gasteiger partial charge in [0.05, 0.1) is 4.92 Å². The molecule has 0 N–H and O–H groups in total. The fourth-order valence-corrected chi connectivity index (χ4v) is 1.92. The Labute approximate surface area is 132 Å². The summed E-state index contributed by atoms with van der Waals surface area (Å²) < 4.78 is 10.4. The smallest absolute Gasteiger partial charge is 0.331 e. The van der Waals surface area contributed by atoms with Gasteiger partial charge in [-0.15, -0.1) is 0 Å². The maximum atomic E-state index is 11.4. The van der Waals surface area contributed by atoms with Crippen LogP contribution < -0.4 is 0 Å². The lowest BCUT2D eigenvalue weighted by molar-refractivity contribution is -0.384. The van der Waals surface area contributed by atoms with Gasteiger partial charge >= 0.3 is 5.97 Å². The number of non-ortho nitro benzene ring substituents is 1. The topological polar surface area (TPSA) is 82.6 Å². The second-order valence-electron chi connectivity index (χ2n) is 4.71. The van der Waals surface area contributed by atoms with E-state index in [1.807, 2.05) is 6.92 Å². The Morgan fingerprint density at radius 1 is 1.39 bits per heavy atom. The van der Waals surface area contributed by atoms with Gasteiger partial charge in [0.25, 0.3) is 5.69 Å². The Bertz CT molecular complexity index is 773. The second-order valence-corrected chi connectivity index (χ2v) is 4.71. The summed E-state index contributed by atoms with van der Waals surface area (Å²) in [6.07, 6.45) is 4.19. The van der Waals surface area contributed by atoms with Crippen molar-refractivity contribution >= 4 is 17.7 Å². The van der Waals surface area contributed by atoms with Gasteiger partial charge in [-0.3, -0.25) is 10.1 Å². The van der Waals surface area contributed by atoms with E-state index >= 15 is 0 Å². The van der Waals surface area contributed by atoms with Crippen LogP contribution >= 0.6 is 0 Å². The number of hydrogen-bond acceptors (Lipinski definition) is 5. The summed E-state index contributed by atoms with van der Waals surface area (Å²) >= 11 is 0. The average molecular weight is 313 g/mol. The molecule has 0 unspecified atom stereocenters. The highest BCUT2D eigenvalue weighted by atomic mass is 16.6. The zero-order chi connectivity index (χ0) is 16.8. The van der Waals surface area contributed by atoms with Crippen LogP contribution in [0, 0.1) is 17.0 Å². The van der Waals surface area contributed by atoms with E-state index in [9.17, 15) is 14.9 Å². The van der Waals surface area contributed by atoms with Crippen LogP contribution in [0.4, 0.5) is 5.69 Å². The number of nitro benzene ring substituents is 1. The maximum absolute atomic E-state index is 11.4. The van der Waals surface area contributed by atoms with Gasteiger partial charge < -0.3 is 9.15 Å². The molecule has 0 aliphatic carbocycles. The highest BCUT2D eigenvalue weighted by Crippen LogP contribution is 2.29. The summed E-state index contributed by atoms with van der Waals surface area (Å²) in [5.41, 5.74) is 1.48. The van der Waals surface area contributed by atoms with Gasteiger partial charge in [-0.1, -0.05) is 18.7 Å². The van der Waals surface area contributed by atoms with E-state index in [-0.39, 0.29) is 12.3 Å². The van der Waals surface area contributed by atoms with Crippen LogP contribution in [0.1, 0.15) is 11.3 Å². The lowest BCUT2D eigenvalue weighted by Crippen LogP contribution is -1.99. The van der Waals surface area contributed by atoms with Gasteiger partial charge in [-0.05, 0) is 30.7 Å². The number of aryl methyl sites for hydroxylation is 1. The number of nitrogens with zero attached hydrogens (tertiary/aromatic N) is 1. The predicted molar refractivity (Wildman–Crippen MR) is 85.7 cm³/mol. The Hall–Kier alpha value is -3.15. The molecule has 0 saturated carbocycles. The molecule has 0 amide bonds. The summed E-state index contributed by atoms with van der Waals surface area (Å²) in [4.78, 5) is 21.8. The Morgan fingerprint density at radius 3 is 2.87 bits per heavy atom. The van der Waals surface area contributed by atoms with E-state index in [4.69, 9.17) is 9.15 Å². The summed E-state index contributed by atoms with van der Waals surface area (Å²) in [5.74, 6) is 0.432. The number of carbonyl (C=O) groups excluding carboxylic acids is 1. The van der Waals surface area contributed by atoms with E-state index in [0.717, 1.165) is 5.56 Å². The summed E-state index contributed by atoms with van der Waals surface area (Å²) in [5, 5.41) is 10.9. The van der Waals surface area contributed by atoms with Gasteiger partial charge in [0.2, 0.25) is 0 Å². The monoisotopic (exact) mass is 313 g/mol. The highest BCUT2D eigenvalue weighted by molar-refractivity contribution is 5.86. The molecule has 0 aliphatic rings. The molecule has 1 heterocycles. The molecule has 0 saturated heterocycles. The molecule has 2 aromatic rings. The minimum absolute atomic E-state index is 0.00732. The van der Waals surface area contributed by atoms with E-state index < -0.39 is 10.9 Å². The molecule has 2 rings (SSSR count). The largest absolute Gasteiger partial charge is 0.458 e. The molecule has 0 spiro atoms. The van der Waals surface area contributed by atoms with Crippen molar-refractivity contribution < 1.29 is 18.9 Å². The first-order valence-electron chi connectivity index (χ1n) is 6.82. The number of ether oxygens (including phenoxy) is 1. The van der Waals surface area contributed by atoms with E-state index in [1.54, 1.807) is 18.2 Å². The fourth-order valence-electron chi connectivity index (χ4n) is 1.92. The van der Waals surface area contributed by atoms with Crippen LogP contribution in [0.25, 0.3) is 17.4 Å². The van der Waals surface area contributed by atoms with E-state index in [2.05, 4.69) is 6.58 Å². The Morgan fingerprint density at radius 2 is 2.17 bits per heavy atom. The number of furan rings is 1. The molecule has 6 heteroatoms. The molecule has 0 radical (unpaired) electrons. The Balaban J connectivity index is 2.21. The number of rotatable bonds is 6. The lowest BCUT2D eigenvalue weighted by atomic mass is 10.1. The molecule has 0 aliphatic heterocycles. The SMILES string of the molecule is C=CCOC(=O)/C=C/c1ccc(-c2cc([N+](=O)[O-])ccc2C)o1. The number of benzene rings is 1. The van der Waals surface area contributed by atoms with Crippen molar-refractivity contribution in [2.75, 3.05) is 6.61 Å². The van der Waals surface area contributed by atoms with Crippen LogP contribution in [0.3, 0.4) is 0 Å². The van der Waals surface area contributed by atoms with Crippen molar-refractivity contribution in [1.82, 2.24) is 0 Å². The molecular formula is C17H15NO5. The first kappa shape index (κ1) is 16.2. The van der Waals surface area contributed by atoms with Gasteiger partial charge in [0.15, 0.2) is 0 Å². The molecule has 0 fully saturated rings. The van der Waals surface area contributed by atoms with Crippen molar-refractivity contribution in [3.63, 3.8) is 0 Å². The van der Waals surface area contributed by atoms with Crippen molar-refractivity contribution in [3.05, 3.63) is 70.5 Å². The van der Waals surface area contributed by atoms with Crippen LogP contribution in [-0.4, -0.2) is 17.5 Å². The third kappa shape index (κ3) is 4.16. The van der Waals surface area contributed by atoms with Crippen molar-refractivity contribution in [2.24, 2.45) is 0 Å². The van der Waals surface area contributed by atoms with Gasteiger partial charge in [-0.25, -0.2) is 4.79 Å². The molecule has 23 heavy (non-hydrogen) atoms. The normalized spacial score (nSPS) is 10.7. The molecule has 1 aromatic heterocycles. The molecular weight excluding hydrogens is 298 g/mol. The second kappa shape index (κ2) is 7.22. The van der Waals surface area contributed by atoms with Crippen LogP contribution in [0.15, 0.2) is 53.5 Å². The lowest BCUT2D eigenvalue weighted by Gasteiger charge is -2.02. The van der Waals surface area contributed by atoms with Gasteiger partial charge in [-0.2, -0.15) is 0 Å². The molecule has 1 aromatic carbocycles. The number of hydrogen-bond donors (Lipinski definition) is 0. The number of carbonyl (C=O) groups is 1. The fraction of sp³-hybridized carbons (Fsp3) is 0.118. The van der Waals surface area contributed by atoms with Gasteiger partial charge in [0.1, 0.15) is 18.1 Å². The first-order chi connectivity index (χ1) is 11.0. The maximum Gasteiger partial charge on any atom is 0.331 e.